The molecular formula is C13H9ClN4O. The molecule has 0 saturated heterocycles. The first-order chi connectivity index (χ1) is 9.19. The molecule has 0 aromatic carbocycles. The molecule has 0 aliphatic carbocycles. The topological polar surface area (TPSA) is 67.8 Å². The van der Waals surface area contributed by atoms with Gasteiger partial charge >= 0.3 is 0 Å². The fourth-order valence-electron chi connectivity index (χ4n) is 1.25. The van der Waals surface area contributed by atoms with Gasteiger partial charge in [-0.15, -0.1) is 0 Å². The highest BCUT2D eigenvalue weighted by Gasteiger charge is 2.04. The summed E-state index contributed by atoms with van der Waals surface area (Å²) < 4.78 is 0. The van der Waals surface area contributed by atoms with E-state index in [-0.39, 0.29) is 11.7 Å². The van der Waals surface area contributed by atoms with Crippen LogP contribution in [-0.2, 0) is 0 Å². The van der Waals surface area contributed by atoms with Crippen LogP contribution in [0.25, 0.3) is 0 Å². The number of nitrogens with zero attached hydrogens (tertiary/aromatic N) is 3. The van der Waals surface area contributed by atoms with Gasteiger partial charge in [-0.25, -0.2) is 9.97 Å². The summed E-state index contributed by atoms with van der Waals surface area (Å²) in [5.74, 6) is 5.53. The summed E-state index contributed by atoms with van der Waals surface area (Å²) in [5.41, 5.74) is 1.30. The maximum absolute atomic E-state index is 11.2. The summed E-state index contributed by atoms with van der Waals surface area (Å²) in [7, 11) is 1.52. The van der Waals surface area contributed by atoms with Crippen LogP contribution in [0.4, 0.5) is 0 Å². The van der Waals surface area contributed by atoms with Crippen LogP contribution >= 0.6 is 11.6 Å². The Bertz CT molecular complexity index is 658. The van der Waals surface area contributed by atoms with E-state index in [0.29, 0.717) is 16.1 Å². The van der Waals surface area contributed by atoms with Gasteiger partial charge in [-0.05, 0) is 6.07 Å². The van der Waals surface area contributed by atoms with E-state index in [4.69, 9.17) is 11.6 Å². The second-order valence-electron chi connectivity index (χ2n) is 3.52. The Morgan fingerprint density at radius 2 is 1.84 bits per heavy atom. The fraction of sp³-hybridized carbons (Fsp3) is 0.0769. The maximum atomic E-state index is 11.2. The Hall–Kier alpha value is -2.45. The van der Waals surface area contributed by atoms with E-state index in [1.807, 2.05) is 0 Å². The van der Waals surface area contributed by atoms with Crippen LogP contribution in [-0.4, -0.2) is 27.9 Å². The Labute approximate surface area is 115 Å². The maximum Gasteiger partial charge on any atom is 0.288 e. The van der Waals surface area contributed by atoms with E-state index in [2.05, 4.69) is 32.1 Å². The smallest absolute Gasteiger partial charge is 0.288 e. The molecule has 2 heterocycles. The Morgan fingerprint density at radius 1 is 1.16 bits per heavy atom. The van der Waals surface area contributed by atoms with Gasteiger partial charge in [0.25, 0.3) is 5.91 Å². The first-order valence-corrected chi connectivity index (χ1v) is 5.73. The van der Waals surface area contributed by atoms with Crippen molar-refractivity contribution in [2.24, 2.45) is 0 Å². The summed E-state index contributed by atoms with van der Waals surface area (Å²) in [4.78, 5) is 23.0. The number of hydrogen-bond acceptors (Lipinski definition) is 4. The largest absolute Gasteiger partial charge is 0.352 e. The van der Waals surface area contributed by atoms with E-state index in [9.17, 15) is 4.79 Å². The first kappa shape index (κ1) is 13.0. The lowest BCUT2D eigenvalue weighted by Gasteiger charge is -1.96. The highest BCUT2D eigenvalue weighted by atomic mass is 35.5. The quantitative estimate of drug-likeness (QED) is 0.794. The van der Waals surface area contributed by atoms with Crippen LogP contribution in [0.2, 0.25) is 5.02 Å². The minimum absolute atomic E-state index is 0.109. The van der Waals surface area contributed by atoms with Crippen LogP contribution in [0.3, 0.4) is 0 Å². The van der Waals surface area contributed by atoms with Crippen LogP contribution in [0.5, 0.6) is 0 Å². The minimum Gasteiger partial charge on any atom is -0.352 e. The van der Waals surface area contributed by atoms with E-state index in [1.165, 1.54) is 25.6 Å². The highest BCUT2D eigenvalue weighted by molar-refractivity contribution is 6.30. The van der Waals surface area contributed by atoms with Crippen molar-refractivity contribution in [1.82, 2.24) is 20.3 Å². The van der Waals surface area contributed by atoms with Crippen molar-refractivity contribution >= 4 is 17.5 Å². The number of halogens is 1. The molecule has 0 spiro atoms. The molecule has 0 aliphatic heterocycles. The van der Waals surface area contributed by atoms with Gasteiger partial charge in [-0.3, -0.25) is 9.78 Å². The normalized spacial score (nSPS) is 9.37. The zero-order valence-corrected chi connectivity index (χ0v) is 10.8. The molecule has 94 valence electrons. The molecule has 19 heavy (non-hydrogen) atoms. The van der Waals surface area contributed by atoms with Crippen molar-refractivity contribution < 1.29 is 4.79 Å². The molecule has 0 saturated carbocycles. The summed E-state index contributed by atoms with van der Waals surface area (Å²) in [6.07, 6.45) is 6.12. The van der Waals surface area contributed by atoms with E-state index < -0.39 is 0 Å². The minimum atomic E-state index is -0.335. The molecule has 0 radical (unpaired) electrons. The van der Waals surface area contributed by atoms with Crippen molar-refractivity contribution in [2.45, 2.75) is 0 Å². The number of aromatic nitrogens is 3. The van der Waals surface area contributed by atoms with Gasteiger partial charge in [-0.1, -0.05) is 23.4 Å². The number of amides is 1. The fourth-order valence-corrected chi connectivity index (χ4v) is 1.42. The van der Waals surface area contributed by atoms with Gasteiger partial charge in [0, 0.05) is 37.4 Å². The number of carbonyl (C=O) groups is 1. The second-order valence-corrected chi connectivity index (χ2v) is 3.95. The first-order valence-electron chi connectivity index (χ1n) is 5.36. The van der Waals surface area contributed by atoms with Crippen LogP contribution in [0, 0.1) is 11.8 Å². The third kappa shape index (κ3) is 3.50. The SMILES string of the molecule is CNC(=O)c1ncc(C#Cc2cncc(Cl)c2)cn1. The molecule has 0 fully saturated rings. The molecule has 0 aliphatic rings. The van der Waals surface area contributed by atoms with Crippen molar-refractivity contribution in [1.29, 1.82) is 0 Å². The average Bonchev–Trinajstić information content (AvgIpc) is 2.45. The summed E-state index contributed by atoms with van der Waals surface area (Å²) in [6.45, 7) is 0. The number of carbonyl (C=O) groups excluding carboxylic acids is 1. The molecule has 1 N–H and O–H groups in total. The van der Waals surface area contributed by atoms with Crippen molar-refractivity contribution in [3.63, 3.8) is 0 Å². The van der Waals surface area contributed by atoms with Crippen LogP contribution < -0.4 is 5.32 Å². The average molecular weight is 273 g/mol. The Balaban J connectivity index is 2.19. The molecule has 0 bridgehead atoms. The predicted octanol–water partition coefficient (Wildman–Crippen LogP) is 1.28. The molecule has 1 amide bonds. The molecule has 6 heteroatoms. The lowest BCUT2D eigenvalue weighted by atomic mass is 10.2. The summed E-state index contributed by atoms with van der Waals surface area (Å²) >= 11 is 5.80. The molecule has 2 rings (SSSR count). The monoisotopic (exact) mass is 272 g/mol. The lowest BCUT2D eigenvalue weighted by Crippen LogP contribution is -2.20. The van der Waals surface area contributed by atoms with Crippen LogP contribution in [0.1, 0.15) is 21.7 Å². The molecule has 0 atom stereocenters. The number of rotatable bonds is 1. The second kappa shape index (κ2) is 5.94. The molecule has 2 aromatic rings. The van der Waals surface area contributed by atoms with Gasteiger partial charge < -0.3 is 5.32 Å². The third-order valence-electron chi connectivity index (χ3n) is 2.14. The van der Waals surface area contributed by atoms with Gasteiger partial charge in [0.05, 0.1) is 10.6 Å². The molecule has 2 aromatic heterocycles. The molecule has 0 unspecified atom stereocenters. The number of nitrogens with one attached hydrogen (secondary N) is 1. The number of hydrogen-bond donors (Lipinski definition) is 1. The molecular weight excluding hydrogens is 264 g/mol. The Kier molecular flexibility index (Phi) is 4.06. The zero-order valence-electron chi connectivity index (χ0n) is 10.0. The summed E-state index contributed by atoms with van der Waals surface area (Å²) in [6, 6.07) is 1.71. The van der Waals surface area contributed by atoms with Crippen molar-refractivity contribution in [2.75, 3.05) is 7.05 Å². The zero-order chi connectivity index (χ0) is 13.7. The highest BCUT2D eigenvalue weighted by Crippen LogP contribution is 2.07. The Morgan fingerprint density at radius 3 is 2.47 bits per heavy atom. The van der Waals surface area contributed by atoms with Gasteiger partial charge in [0.15, 0.2) is 0 Å². The van der Waals surface area contributed by atoms with Crippen molar-refractivity contribution in [3.05, 3.63) is 52.8 Å². The van der Waals surface area contributed by atoms with E-state index >= 15 is 0 Å². The van der Waals surface area contributed by atoms with Crippen molar-refractivity contribution in [3.8, 4) is 11.8 Å². The van der Waals surface area contributed by atoms with E-state index in [1.54, 1.807) is 12.3 Å². The van der Waals surface area contributed by atoms with Gasteiger partial charge in [0.2, 0.25) is 5.82 Å². The van der Waals surface area contributed by atoms with E-state index in [0.717, 1.165) is 0 Å². The number of pyridine rings is 1. The standard InChI is InChI=1S/C13H9ClN4O/c1-15-13(19)12-17-6-10(7-18-12)3-2-9-4-11(14)8-16-5-9/h4-8H,1H3,(H,15,19). The predicted molar refractivity (Wildman–Crippen MR) is 70.6 cm³/mol. The molecule has 5 nitrogen and oxygen atoms in total. The van der Waals surface area contributed by atoms with Crippen LogP contribution in [0.15, 0.2) is 30.9 Å². The summed E-state index contributed by atoms with van der Waals surface area (Å²) in [5, 5.41) is 2.97. The van der Waals surface area contributed by atoms with Gasteiger partial charge in [0.1, 0.15) is 0 Å². The lowest BCUT2D eigenvalue weighted by molar-refractivity contribution is 0.0952. The van der Waals surface area contributed by atoms with Gasteiger partial charge in [-0.2, -0.15) is 0 Å². The third-order valence-corrected chi connectivity index (χ3v) is 2.34.